The monoisotopic (exact) mass is 318 g/mol. The SMILES string of the molecule is C1CO1.C=CC(=O)Oc1ccccc1CCCCCCCCC. The van der Waals surface area contributed by atoms with E-state index < -0.39 is 5.97 Å². The predicted octanol–water partition coefficient (Wildman–Crippen LogP) is 5.09. The number of esters is 1. The average Bonchev–Trinajstić information content (AvgIpc) is 3.44. The van der Waals surface area contributed by atoms with E-state index in [2.05, 4.69) is 18.2 Å². The summed E-state index contributed by atoms with van der Waals surface area (Å²) in [4.78, 5) is 11.3. The summed E-state index contributed by atoms with van der Waals surface area (Å²) < 4.78 is 9.75. The van der Waals surface area contributed by atoms with Crippen LogP contribution in [0.25, 0.3) is 0 Å². The van der Waals surface area contributed by atoms with E-state index in [0.717, 1.165) is 31.6 Å². The van der Waals surface area contributed by atoms with Gasteiger partial charge in [-0.3, -0.25) is 0 Å². The molecule has 0 aliphatic carbocycles. The highest BCUT2D eigenvalue weighted by Crippen LogP contribution is 2.21. The number of hydrogen-bond donors (Lipinski definition) is 0. The van der Waals surface area contributed by atoms with Gasteiger partial charge in [0.1, 0.15) is 5.75 Å². The van der Waals surface area contributed by atoms with E-state index in [1.54, 1.807) is 0 Å². The Bertz CT molecular complexity index is 449. The van der Waals surface area contributed by atoms with E-state index in [9.17, 15) is 4.79 Å². The Hall–Kier alpha value is -1.61. The molecule has 23 heavy (non-hydrogen) atoms. The van der Waals surface area contributed by atoms with E-state index in [4.69, 9.17) is 4.74 Å². The van der Waals surface area contributed by atoms with Crippen LogP contribution >= 0.6 is 0 Å². The van der Waals surface area contributed by atoms with Gasteiger partial charge in [-0.15, -0.1) is 0 Å². The number of rotatable bonds is 10. The van der Waals surface area contributed by atoms with Gasteiger partial charge in [0.2, 0.25) is 0 Å². The van der Waals surface area contributed by atoms with Gasteiger partial charge in [0, 0.05) is 6.08 Å². The number of ether oxygens (including phenoxy) is 2. The highest BCUT2D eigenvalue weighted by molar-refractivity contribution is 5.83. The van der Waals surface area contributed by atoms with Gasteiger partial charge in [0.05, 0.1) is 13.2 Å². The Morgan fingerprint density at radius 2 is 1.74 bits per heavy atom. The molecule has 0 bridgehead atoms. The van der Waals surface area contributed by atoms with Crippen LogP contribution < -0.4 is 4.74 Å². The topological polar surface area (TPSA) is 38.8 Å². The number of carbonyl (C=O) groups excluding carboxylic acids is 1. The van der Waals surface area contributed by atoms with Crippen LogP contribution in [0.3, 0.4) is 0 Å². The first-order valence-corrected chi connectivity index (χ1v) is 8.77. The molecule has 0 unspecified atom stereocenters. The molecule has 2 rings (SSSR count). The largest absolute Gasteiger partial charge is 0.423 e. The first-order valence-electron chi connectivity index (χ1n) is 8.77. The lowest BCUT2D eigenvalue weighted by Crippen LogP contribution is -2.05. The van der Waals surface area contributed by atoms with E-state index in [1.165, 1.54) is 44.6 Å². The molecule has 0 radical (unpaired) electrons. The highest BCUT2D eigenvalue weighted by Gasteiger charge is 2.05. The van der Waals surface area contributed by atoms with Gasteiger partial charge < -0.3 is 9.47 Å². The van der Waals surface area contributed by atoms with Crippen LogP contribution in [0, 0.1) is 0 Å². The van der Waals surface area contributed by atoms with Crippen LogP contribution in [0.4, 0.5) is 0 Å². The van der Waals surface area contributed by atoms with Gasteiger partial charge in [-0.25, -0.2) is 4.79 Å². The molecule has 0 atom stereocenters. The van der Waals surface area contributed by atoms with Gasteiger partial charge >= 0.3 is 5.97 Å². The third-order valence-corrected chi connectivity index (χ3v) is 3.60. The van der Waals surface area contributed by atoms with Crippen molar-refractivity contribution in [1.29, 1.82) is 0 Å². The zero-order valence-electron chi connectivity index (χ0n) is 14.4. The summed E-state index contributed by atoms with van der Waals surface area (Å²) in [5, 5.41) is 0. The smallest absolute Gasteiger partial charge is 0.335 e. The van der Waals surface area contributed by atoms with Crippen LogP contribution in [-0.2, 0) is 16.0 Å². The van der Waals surface area contributed by atoms with Gasteiger partial charge in [-0.05, 0) is 24.5 Å². The minimum atomic E-state index is -0.392. The quantitative estimate of drug-likeness (QED) is 0.198. The minimum absolute atomic E-state index is 0.392. The standard InChI is InChI=1S/C18H26O2.C2H4O/c1-3-5-6-7-8-9-10-13-16-14-11-12-15-17(16)20-18(19)4-2;1-2-3-1/h4,11-12,14-15H,2-3,5-10,13H2,1H3;1-2H2. The van der Waals surface area contributed by atoms with Crippen LogP contribution in [0.1, 0.15) is 57.4 Å². The number of unbranched alkanes of at least 4 members (excludes halogenated alkanes) is 6. The normalized spacial score (nSPS) is 12.0. The molecule has 1 heterocycles. The highest BCUT2D eigenvalue weighted by atomic mass is 16.6. The molecule has 0 amide bonds. The molecule has 1 saturated heterocycles. The summed E-state index contributed by atoms with van der Waals surface area (Å²) in [6, 6.07) is 7.75. The van der Waals surface area contributed by atoms with Crippen molar-refractivity contribution in [2.45, 2.75) is 58.3 Å². The Morgan fingerprint density at radius 1 is 1.13 bits per heavy atom. The Labute approximate surface area is 140 Å². The van der Waals surface area contributed by atoms with E-state index in [0.29, 0.717) is 5.75 Å². The molecule has 1 aromatic carbocycles. The molecular formula is C20H30O3. The summed E-state index contributed by atoms with van der Waals surface area (Å²) in [6.45, 7) is 7.66. The number of para-hydroxylation sites is 1. The van der Waals surface area contributed by atoms with Gasteiger partial charge in [0.25, 0.3) is 0 Å². The molecule has 3 heteroatoms. The van der Waals surface area contributed by atoms with Crippen molar-refractivity contribution in [1.82, 2.24) is 0 Å². The van der Waals surface area contributed by atoms with Crippen molar-refractivity contribution in [3.05, 3.63) is 42.5 Å². The zero-order chi connectivity index (χ0) is 16.8. The van der Waals surface area contributed by atoms with Crippen molar-refractivity contribution in [2.24, 2.45) is 0 Å². The fourth-order valence-corrected chi connectivity index (χ4v) is 2.23. The van der Waals surface area contributed by atoms with Crippen molar-refractivity contribution in [2.75, 3.05) is 13.2 Å². The molecule has 0 spiro atoms. The molecule has 0 aromatic heterocycles. The fourth-order valence-electron chi connectivity index (χ4n) is 2.23. The number of benzene rings is 1. The average molecular weight is 318 g/mol. The maximum absolute atomic E-state index is 11.3. The molecule has 3 nitrogen and oxygen atoms in total. The van der Waals surface area contributed by atoms with Crippen LogP contribution in [0.15, 0.2) is 36.9 Å². The summed E-state index contributed by atoms with van der Waals surface area (Å²) in [7, 11) is 0. The second-order valence-corrected chi connectivity index (χ2v) is 5.72. The van der Waals surface area contributed by atoms with Crippen LogP contribution in [0.2, 0.25) is 0 Å². The lowest BCUT2D eigenvalue weighted by atomic mass is 10.0. The Morgan fingerprint density at radius 3 is 2.35 bits per heavy atom. The number of epoxide rings is 1. The van der Waals surface area contributed by atoms with Gasteiger partial charge in [-0.2, -0.15) is 0 Å². The first-order chi connectivity index (χ1) is 11.3. The van der Waals surface area contributed by atoms with Crippen molar-refractivity contribution in [3.8, 4) is 5.75 Å². The molecule has 0 N–H and O–H groups in total. The maximum Gasteiger partial charge on any atom is 0.335 e. The summed E-state index contributed by atoms with van der Waals surface area (Å²) in [6.07, 6.45) is 11.2. The Balaban J connectivity index is 0.000000784. The Kier molecular flexibility index (Phi) is 10.9. The molecular weight excluding hydrogens is 288 g/mol. The van der Waals surface area contributed by atoms with Gasteiger partial charge in [0.15, 0.2) is 0 Å². The maximum atomic E-state index is 11.3. The number of aryl methyl sites for hydroxylation is 1. The minimum Gasteiger partial charge on any atom is -0.423 e. The molecule has 1 aromatic rings. The summed E-state index contributed by atoms with van der Waals surface area (Å²) in [5.41, 5.74) is 1.11. The summed E-state index contributed by atoms with van der Waals surface area (Å²) >= 11 is 0. The molecule has 1 aliphatic rings. The second-order valence-electron chi connectivity index (χ2n) is 5.72. The molecule has 1 aliphatic heterocycles. The molecule has 128 valence electrons. The van der Waals surface area contributed by atoms with Crippen molar-refractivity contribution >= 4 is 5.97 Å². The zero-order valence-corrected chi connectivity index (χ0v) is 14.4. The number of carbonyl (C=O) groups is 1. The fraction of sp³-hybridized carbons (Fsp3) is 0.550. The summed E-state index contributed by atoms with van der Waals surface area (Å²) in [5.74, 6) is 0.278. The van der Waals surface area contributed by atoms with Crippen LogP contribution in [-0.4, -0.2) is 19.2 Å². The second kappa shape index (κ2) is 12.9. The number of hydrogen-bond acceptors (Lipinski definition) is 3. The lowest BCUT2D eigenvalue weighted by molar-refractivity contribution is -0.129. The molecule has 1 fully saturated rings. The van der Waals surface area contributed by atoms with E-state index in [-0.39, 0.29) is 0 Å². The lowest BCUT2D eigenvalue weighted by Gasteiger charge is -2.08. The van der Waals surface area contributed by atoms with Crippen LogP contribution in [0.5, 0.6) is 5.75 Å². The first kappa shape index (κ1) is 19.4. The van der Waals surface area contributed by atoms with E-state index >= 15 is 0 Å². The van der Waals surface area contributed by atoms with E-state index in [1.807, 2.05) is 24.3 Å². The molecule has 0 saturated carbocycles. The third kappa shape index (κ3) is 10.7. The third-order valence-electron chi connectivity index (χ3n) is 3.60. The predicted molar refractivity (Wildman–Crippen MR) is 94.8 cm³/mol. The van der Waals surface area contributed by atoms with Crippen molar-refractivity contribution in [3.63, 3.8) is 0 Å². The van der Waals surface area contributed by atoms with Crippen molar-refractivity contribution < 1.29 is 14.3 Å². The van der Waals surface area contributed by atoms with Gasteiger partial charge in [-0.1, -0.05) is 70.2 Å².